The van der Waals surface area contributed by atoms with Gasteiger partial charge in [0.05, 0.1) is 63.2 Å². The van der Waals surface area contributed by atoms with E-state index in [1.165, 1.54) is 0 Å². The first kappa shape index (κ1) is 116. The zero-order valence-corrected chi connectivity index (χ0v) is 90.8. The second-order valence-electron chi connectivity index (χ2n) is 44.0. The van der Waals surface area contributed by atoms with Crippen molar-refractivity contribution in [2.45, 2.75) is 534 Å². The number of methoxy groups -OCH3 is 1. The fourth-order valence-electron chi connectivity index (χ4n) is 15.8. The van der Waals surface area contributed by atoms with Crippen LogP contribution in [0.1, 0.15) is 296 Å². The molecule has 0 aromatic rings. The molecular formula is C97H188O27Si4. The molecule has 128 heavy (non-hydrogen) atoms. The van der Waals surface area contributed by atoms with Gasteiger partial charge in [-0.05, 0) is 157 Å². The third-order valence-corrected chi connectivity index (χ3v) is 46.8. The number of carbonyl (C=O) groups excluding carboxylic acids is 2. The molecule has 6 aliphatic rings. The van der Waals surface area contributed by atoms with Gasteiger partial charge < -0.3 is 118 Å². The summed E-state index contributed by atoms with van der Waals surface area (Å²) in [5, 5.41) is 11.8. The molecule has 0 aliphatic carbocycles. The van der Waals surface area contributed by atoms with Gasteiger partial charge in [0.25, 0.3) is 0 Å². The first-order valence-corrected chi connectivity index (χ1v) is 61.5. The molecule has 6 heterocycles. The number of rotatable bonds is 56. The Hall–Kier alpha value is -1.11. The van der Waals surface area contributed by atoms with E-state index in [-0.39, 0.29) is 77.2 Å². The maximum Gasteiger partial charge on any atom is 0.308 e. The van der Waals surface area contributed by atoms with Crippen LogP contribution in [0.5, 0.6) is 0 Å². The van der Waals surface area contributed by atoms with E-state index in [9.17, 15) is 5.11 Å². The average molecular weight is 1900 g/mol. The lowest BCUT2D eigenvalue weighted by atomic mass is 9.94. The third-order valence-electron chi connectivity index (χ3n) is 28.7. The second-order valence-corrected chi connectivity index (χ2v) is 63.0. The van der Waals surface area contributed by atoms with E-state index in [0.717, 1.165) is 77.0 Å². The number of carbonyl (C=O) groups is 2. The Morgan fingerprint density at radius 2 is 0.836 bits per heavy atom. The average Bonchev–Trinajstić information content (AvgIpc) is 1.48. The first-order valence-electron chi connectivity index (χ1n) is 49.9. The predicted molar refractivity (Wildman–Crippen MR) is 508 cm³/mol. The van der Waals surface area contributed by atoms with Gasteiger partial charge in [0.15, 0.2) is 76.6 Å². The number of aliphatic hydroxyl groups is 1. The van der Waals surface area contributed by atoms with Gasteiger partial charge in [-0.25, -0.2) is 0 Å². The Bertz CT molecular complexity index is 3130. The van der Waals surface area contributed by atoms with Crippen LogP contribution < -0.4 is 0 Å². The van der Waals surface area contributed by atoms with Crippen molar-refractivity contribution in [1.82, 2.24) is 0 Å². The van der Waals surface area contributed by atoms with E-state index in [4.69, 9.17) is 112 Å². The van der Waals surface area contributed by atoms with E-state index in [2.05, 4.69) is 205 Å². The number of unbranched alkanes of at least 4 members (excludes halogenated alkanes) is 6. The van der Waals surface area contributed by atoms with Crippen molar-refractivity contribution in [2.75, 3.05) is 66.6 Å². The van der Waals surface area contributed by atoms with Crippen molar-refractivity contribution in [1.29, 1.82) is 0 Å². The fraction of sp³-hybridized carbons (Fsp3) is 0.979. The maximum atomic E-state index is 15.5. The number of aliphatic hydroxyl groups excluding tert-OH is 1. The molecule has 0 amide bonds. The summed E-state index contributed by atoms with van der Waals surface area (Å²) in [4.78, 5) is 30.8. The molecule has 31 heteroatoms. The number of ether oxygens (including phenoxy) is 20. The van der Waals surface area contributed by atoms with E-state index in [1.807, 2.05) is 27.7 Å². The van der Waals surface area contributed by atoms with Gasteiger partial charge in [-0.3, -0.25) is 9.59 Å². The molecule has 10 unspecified atom stereocenters. The summed E-state index contributed by atoms with van der Waals surface area (Å²) >= 11 is 0. The fourth-order valence-corrected chi connectivity index (χ4v) is 20.8. The van der Waals surface area contributed by atoms with Crippen LogP contribution in [-0.2, 0) is 122 Å². The lowest BCUT2D eigenvalue weighted by Gasteiger charge is -2.49. The van der Waals surface area contributed by atoms with Crippen LogP contribution in [0.25, 0.3) is 0 Å². The van der Waals surface area contributed by atoms with Crippen LogP contribution in [0, 0.1) is 11.8 Å². The molecule has 754 valence electrons. The lowest BCUT2D eigenvalue weighted by Crippen LogP contribution is -2.65. The quantitative estimate of drug-likeness (QED) is 0.0336. The van der Waals surface area contributed by atoms with Gasteiger partial charge in [0.1, 0.15) is 91.6 Å². The highest BCUT2D eigenvalue weighted by atomic mass is 28.4. The highest BCUT2D eigenvalue weighted by Crippen LogP contribution is 2.48. The van der Waals surface area contributed by atoms with E-state index in [1.54, 1.807) is 7.11 Å². The number of fused-ring (bicyclic) bond motifs is 1. The van der Waals surface area contributed by atoms with E-state index >= 15 is 9.59 Å². The van der Waals surface area contributed by atoms with Crippen molar-refractivity contribution in [3.05, 3.63) is 0 Å². The summed E-state index contributed by atoms with van der Waals surface area (Å²) in [5.41, 5.74) is 0. The predicted octanol–water partition coefficient (Wildman–Crippen LogP) is 19.8. The van der Waals surface area contributed by atoms with Gasteiger partial charge in [-0.2, -0.15) is 0 Å². The number of hydrogen-bond acceptors (Lipinski definition) is 27. The summed E-state index contributed by atoms with van der Waals surface area (Å²) in [7, 11) is -8.49. The largest absolute Gasteiger partial charge is 0.462 e. The summed E-state index contributed by atoms with van der Waals surface area (Å²) in [6.07, 6.45) is -9.07. The first-order chi connectivity index (χ1) is 59.7. The Balaban J connectivity index is 1.30. The highest BCUT2D eigenvalue weighted by molar-refractivity contribution is 6.75. The minimum Gasteiger partial charge on any atom is -0.462 e. The molecule has 28 atom stereocenters. The molecule has 6 saturated heterocycles. The van der Waals surface area contributed by atoms with Crippen molar-refractivity contribution in [3.63, 3.8) is 0 Å². The Labute approximate surface area is 780 Å². The SMILES string of the molecule is CCCCOC1C(OCCCC)[C@H](OCCCC)CO[C@H]1OC1C(OCCCC)[C@H](O[C@@H]2C3OC(C)(C)OC3[C@H](OC3C(OCCCC)[C@@H](OC(=O)C[C@H](C[C@H](OC(=O)C[C@H](C[C@H](O[C@@H]4O[C@@H](CO[Si](C)(C)C(C)(C)C)C(O[Si](C)(C)C(C)(C)C)C4O)[C@@H](C)CC)O[Si](C)(C)C(C)(C)C)[C@@H](C)CC)O[Si](C)(C)C(C)(C)C)[C@@H](C)O[C@@H]3OC)O[C@@H]2C)OC[C@H]1OCCCC. The van der Waals surface area contributed by atoms with Gasteiger partial charge in [0.2, 0.25) is 0 Å². The summed E-state index contributed by atoms with van der Waals surface area (Å²) in [6.45, 7) is 75.7. The van der Waals surface area contributed by atoms with Crippen LogP contribution in [0.3, 0.4) is 0 Å². The molecule has 0 aromatic carbocycles. The molecule has 27 nitrogen and oxygen atoms in total. The van der Waals surface area contributed by atoms with E-state index in [0.29, 0.717) is 58.9 Å². The van der Waals surface area contributed by atoms with Gasteiger partial charge in [-0.15, -0.1) is 0 Å². The molecule has 0 aromatic heterocycles. The zero-order chi connectivity index (χ0) is 95.9. The van der Waals surface area contributed by atoms with Crippen molar-refractivity contribution >= 4 is 45.2 Å². The number of hydrogen-bond donors (Lipinski definition) is 1. The van der Waals surface area contributed by atoms with Crippen molar-refractivity contribution in [2.24, 2.45) is 11.8 Å². The maximum absolute atomic E-state index is 15.5. The molecule has 1 N–H and O–H groups in total. The Kier molecular flexibility index (Phi) is 47.2. The van der Waals surface area contributed by atoms with Crippen LogP contribution in [-0.4, -0.2) is 282 Å². The molecule has 0 bridgehead atoms. The van der Waals surface area contributed by atoms with Crippen LogP contribution >= 0.6 is 0 Å². The molecule has 6 rings (SSSR count). The van der Waals surface area contributed by atoms with Gasteiger partial charge >= 0.3 is 11.9 Å². The lowest BCUT2D eigenvalue weighted by molar-refractivity contribution is -0.377. The molecule has 6 fully saturated rings. The number of esters is 2. The Morgan fingerprint density at radius 1 is 0.438 bits per heavy atom. The summed E-state index contributed by atoms with van der Waals surface area (Å²) in [5.74, 6) is -2.38. The monoisotopic (exact) mass is 1900 g/mol. The molecule has 6 aliphatic heterocycles. The molecular weight excluding hydrogens is 1710 g/mol. The second kappa shape index (κ2) is 52.2. The van der Waals surface area contributed by atoms with Crippen LogP contribution in [0.2, 0.25) is 72.5 Å². The zero-order valence-electron chi connectivity index (χ0n) is 86.8. The van der Waals surface area contributed by atoms with Gasteiger partial charge in [0, 0.05) is 53.2 Å². The van der Waals surface area contributed by atoms with E-state index < -0.39 is 205 Å². The highest BCUT2D eigenvalue weighted by Gasteiger charge is 2.61. The smallest absolute Gasteiger partial charge is 0.308 e. The normalized spacial score (nSPS) is 31.6. The third kappa shape index (κ3) is 33.3. The molecule has 0 saturated carbocycles. The summed E-state index contributed by atoms with van der Waals surface area (Å²) in [6, 6.07) is 0. The van der Waals surface area contributed by atoms with Crippen molar-refractivity contribution < 1.29 is 127 Å². The Morgan fingerprint density at radius 3 is 1.30 bits per heavy atom. The topological polar surface area (TPSA) is 276 Å². The standard InChI is InChI=1S/C97H188O27Si4/c1-36-44-50-102-71-60-108-90(84(106-54-48-40-5)80(71)104-52-46-38-3)118-81-72(103-51-45-37-2)61-109-91(85(81)107-55-49-41-6)117-78-66(12)112-92(87-83(78)120-97(25,26)121-87)119-86-82(105-53-47-39-4)77(65(11)111-89(86)101-27)116-75(99)59-67(122-126(30,31)94(16,17)18)56-69(63(9)42-7)113-74(98)58-68(123-127(32,33)95(19,20)21)57-70(64(10)43-8)114-88-76(100)79(124-128(34,35)96(22,23)24)73(115-88)62-110-125(28,29)93(13,14)15/h63-73,76-92,100H,36-62H2,1-35H3/t63-,64-,65+,66+,67-,68-,69-,70-,71+,72+,73-,76?,77-,78-,79?,80?,81?,82?,83?,84?,85?,86?,87?,88+,89-,90-,91-,92-/m0/s1. The van der Waals surface area contributed by atoms with Crippen molar-refractivity contribution in [3.8, 4) is 0 Å². The minimum absolute atomic E-state index is 0.0447. The molecule has 0 radical (unpaired) electrons. The van der Waals surface area contributed by atoms with Gasteiger partial charge in [-0.1, -0.05) is 204 Å². The summed E-state index contributed by atoms with van der Waals surface area (Å²) < 4.78 is 166. The molecule has 0 spiro atoms. The van der Waals surface area contributed by atoms with Crippen LogP contribution in [0.4, 0.5) is 0 Å². The minimum atomic E-state index is -2.70. The van der Waals surface area contributed by atoms with Crippen LogP contribution in [0.15, 0.2) is 0 Å².